The molecule has 1 amide bonds. The van der Waals surface area contributed by atoms with Crippen molar-refractivity contribution in [3.63, 3.8) is 0 Å². The number of amides is 1. The lowest BCUT2D eigenvalue weighted by atomic mass is 10.1. The Bertz CT molecular complexity index is 404. The molecule has 0 fully saturated rings. The minimum atomic E-state index is -0.810. The Morgan fingerprint density at radius 1 is 1.41 bits per heavy atom. The third kappa shape index (κ3) is 3.54. The minimum Gasteiger partial charge on any atom is -0.369 e. The highest BCUT2D eigenvalue weighted by Crippen LogP contribution is 2.23. The average Bonchev–Trinajstić information content (AvgIpc) is 2.29. The Hall–Kier alpha value is -0.870. The van der Waals surface area contributed by atoms with E-state index in [0.717, 1.165) is 10.0 Å². The van der Waals surface area contributed by atoms with Crippen molar-refractivity contribution in [2.24, 2.45) is 0 Å². The van der Waals surface area contributed by atoms with E-state index in [1.165, 1.54) is 7.11 Å². The van der Waals surface area contributed by atoms with E-state index < -0.39 is 5.60 Å². The van der Waals surface area contributed by atoms with Crippen LogP contribution < -0.4 is 5.32 Å². The maximum absolute atomic E-state index is 11.9. The van der Waals surface area contributed by atoms with Gasteiger partial charge in [-0.15, -0.1) is 0 Å². The predicted molar refractivity (Wildman–Crippen MR) is 71.8 cm³/mol. The van der Waals surface area contributed by atoms with Crippen LogP contribution in [0.4, 0.5) is 0 Å². The molecule has 0 radical (unpaired) electrons. The van der Waals surface area contributed by atoms with Crippen LogP contribution in [-0.4, -0.2) is 18.6 Å². The Balaban J connectivity index is 2.77. The SMILES string of the molecule is COC(C)(C)C(=O)N[C@@H](C)c1ccccc1Br. The number of halogens is 1. The third-order valence-electron chi connectivity index (χ3n) is 2.78. The van der Waals surface area contributed by atoms with Gasteiger partial charge in [0.1, 0.15) is 5.60 Å². The number of hydrogen-bond donors (Lipinski definition) is 1. The van der Waals surface area contributed by atoms with Crippen LogP contribution in [0.5, 0.6) is 0 Å². The Kier molecular flexibility index (Phi) is 4.71. The van der Waals surface area contributed by atoms with Crippen molar-refractivity contribution in [2.75, 3.05) is 7.11 Å². The van der Waals surface area contributed by atoms with Gasteiger partial charge in [0.2, 0.25) is 0 Å². The first-order valence-corrected chi connectivity index (χ1v) is 6.28. The monoisotopic (exact) mass is 299 g/mol. The molecule has 0 saturated heterocycles. The molecule has 1 aromatic carbocycles. The summed E-state index contributed by atoms with van der Waals surface area (Å²) < 4.78 is 6.13. The van der Waals surface area contributed by atoms with E-state index in [2.05, 4.69) is 21.2 Å². The summed E-state index contributed by atoms with van der Waals surface area (Å²) in [7, 11) is 1.53. The van der Waals surface area contributed by atoms with E-state index in [0.29, 0.717) is 0 Å². The zero-order chi connectivity index (χ0) is 13.1. The first-order valence-electron chi connectivity index (χ1n) is 5.49. The molecule has 0 spiro atoms. The minimum absolute atomic E-state index is 0.0625. The molecule has 0 bridgehead atoms. The lowest BCUT2D eigenvalue weighted by molar-refractivity contribution is -0.140. The van der Waals surface area contributed by atoms with Gasteiger partial charge in [-0.25, -0.2) is 0 Å². The second-order valence-corrected chi connectivity index (χ2v) is 5.29. The molecular weight excluding hydrogens is 282 g/mol. The first kappa shape index (κ1) is 14.2. The zero-order valence-corrected chi connectivity index (χ0v) is 12.2. The van der Waals surface area contributed by atoms with E-state index >= 15 is 0 Å². The Morgan fingerprint density at radius 2 is 2.00 bits per heavy atom. The second kappa shape index (κ2) is 5.65. The van der Waals surface area contributed by atoms with Gasteiger partial charge in [-0.05, 0) is 32.4 Å². The number of hydrogen-bond acceptors (Lipinski definition) is 2. The van der Waals surface area contributed by atoms with Gasteiger partial charge in [0, 0.05) is 11.6 Å². The summed E-state index contributed by atoms with van der Waals surface area (Å²) in [5.74, 6) is -0.122. The van der Waals surface area contributed by atoms with E-state index in [1.54, 1.807) is 13.8 Å². The summed E-state index contributed by atoms with van der Waals surface area (Å²) in [6.45, 7) is 5.44. The number of carbonyl (C=O) groups excluding carboxylic acids is 1. The Morgan fingerprint density at radius 3 is 2.53 bits per heavy atom. The summed E-state index contributed by atoms with van der Waals surface area (Å²) in [5.41, 5.74) is 0.239. The molecule has 1 N–H and O–H groups in total. The molecule has 0 aliphatic carbocycles. The van der Waals surface area contributed by atoms with Gasteiger partial charge < -0.3 is 10.1 Å². The van der Waals surface area contributed by atoms with Gasteiger partial charge in [0.05, 0.1) is 6.04 Å². The van der Waals surface area contributed by atoms with Gasteiger partial charge in [-0.1, -0.05) is 34.1 Å². The van der Waals surface area contributed by atoms with Gasteiger partial charge in [-0.3, -0.25) is 4.79 Å². The number of benzene rings is 1. The van der Waals surface area contributed by atoms with Crippen molar-refractivity contribution in [3.8, 4) is 0 Å². The normalized spacial score (nSPS) is 13.2. The highest BCUT2D eigenvalue weighted by Gasteiger charge is 2.28. The van der Waals surface area contributed by atoms with Crippen LogP contribution in [0, 0.1) is 0 Å². The topological polar surface area (TPSA) is 38.3 Å². The molecule has 3 nitrogen and oxygen atoms in total. The van der Waals surface area contributed by atoms with Crippen molar-refractivity contribution >= 4 is 21.8 Å². The Labute approximate surface area is 111 Å². The van der Waals surface area contributed by atoms with Crippen molar-refractivity contribution in [2.45, 2.75) is 32.4 Å². The molecule has 94 valence electrons. The highest BCUT2D eigenvalue weighted by atomic mass is 79.9. The van der Waals surface area contributed by atoms with Crippen molar-refractivity contribution in [3.05, 3.63) is 34.3 Å². The average molecular weight is 300 g/mol. The molecular formula is C13H18BrNO2. The molecule has 0 aliphatic heterocycles. The number of carbonyl (C=O) groups is 1. The van der Waals surface area contributed by atoms with Gasteiger partial charge >= 0.3 is 0 Å². The number of rotatable bonds is 4. The molecule has 1 atom stereocenters. The van der Waals surface area contributed by atoms with Crippen molar-refractivity contribution in [1.82, 2.24) is 5.32 Å². The molecule has 0 aromatic heterocycles. The van der Waals surface area contributed by atoms with E-state index in [1.807, 2.05) is 31.2 Å². The maximum atomic E-state index is 11.9. The quantitative estimate of drug-likeness (QED) is 0.928. The molecule has 0 heterocycles. The molecule has 0 aliphatic rings. The molecule has 1 rings (SSSR count). The van der Waals surface area contributed by atoms with Crippen LogP contribution in [0.2, 0.25) is 0 Å². The van der Waals surface area contributed by atoms with Crippen molar-refractivity contribution < 1.29 is 9.53 Å². The van der Waals surface area contributed by atoms with Crippen LogP contribution in [0.3, 0.4) is 0 Å². The summed E-state index contributed by atoms with van der Waals surface area (Å²) in [4.78, 5) is 11.9. The highest BCUT2D eigenvalue weighted by molar-refractivity contribution is 9.10. The lowest BCUT2D eigenvalue weighted by Gasteiger charge is -2.25. The fraction of sp³-hybridized carbons (Fsp3) is 0.462. The predicted octanol–water partition coefficient (Wildman–Crippen LogP) is 3.05. The van der Waals surface area contributed by atoms with Crippen molar-refractivity contribution in [1.29, 1.82) is 0 Å². The van der Waals surface area contributed by atoms with Crippen LogP contribution >= 0.6 is 15.9 Å². The summed E-state index contributed by atoms with van der Waals surface area (Å²) in [6.07, 6.45) is 0. The van der Waals surface area contributed by atoms with Crippen LogP contribution in [0.1, 0.15) is 32.4 Å². The van der Waals surface area contributed by atoms with E-state index in [9.17, 15) is 4.79 Å². The van der Waals surface area contributed by atoms with E-state index in [-0.39, 0.29) is 11.9 Å². The summed E-state index contributed by atoms with van der Waals surface area (Å²) in [6, 6.07) is 7.77. The smallest absolute Gasteiger partial charge is 0.252 e. The lowest BCUT2D eigenvalue weighted by Crippen LogP contribution is -2.44. The van der Waals surface area contributed by atoms with Crippen LogP contribution in [0.15, 0.2) is 28.7 Å². The largest absolute Gasteiger partial charge is 0.369 e. The molecule has 4 heteroatoms. The number of nitrogens with one attached hydrogen (secondary N) is 1. The fourth-order valence-corrected chi connectivity index (χ4v) is 2.00. The van der Waals surface area contributed by atoms with Crippen LogP contribution in [-0.2, 0) is 9.53 Å². The molecule has 17 heavy (non-hydrogen) atoms. The van der Waals surface area contributed by atoms with E-state index in [4.69, 9.17) is 4.74 Å². The molecule has 0 saturated carbocycles. The van der Waals surface area contributed by atoms with Gasteiger partial charge in [-0.2, -0.15) is 0 Å². The number of methoxy groups -OCH3 is 1. The van der Waals surface area contributed by atoms with Gasteiger partial charge in [0.15, 0.2) is 0 Å². The number of ether oxygens (including phenoxy) is 1. The zero-order valence-electron chi connectivity index (χ0n) is 10.6. The maximum Gasteiger partial charge on any atom is 0.252 e. The van der Waals surface area contributed by atoms with Gasteiger partial charge in [0.25, 0.3) is 5.91 Å². The first-order chi connectivity index (χ1) is 7.88. The third-order valence-corrected chi connectivity index (χ3v) is 3.50. The summed E-state index contributed by atoms with van der Waals surface area (Å²) >= 11 is 3.47. The second-order valence-electron chi connectivity index (χ2n) is 4.43. The molecule has 1 aromatic rings. The van der Waals surface area contributed by atoms with Crippen LogP contribution in [0.25, 0.3) is 0 Å². The fourth-order valence-electron chi connectivity index (χ4n) is 1.37. The standard InChI is InChI=1S/C13H18BrNO2/c1-9(10-7-5-6-8-11(10)14)15-12(16)13(2,3)17-4/h5-9H,1-4H3,(H,15,16)/t9-/m0/s1. The molecule has 0 unspecified atom stereocenters. The summed E-state index contributed by atoms with van der Waals surface area (Å²) in [5, 5.41) is 2.93.